The van der Waals surface area contributed by atoms with Crippen molar-refractivity contribution in [1.29, 1.82) is 0 Å². The number of pyridine rings is 1. The fraction of sp³-hybridized carbons (Fsp3) is 0.176. The van der Waals surface area contributed by atoms with Crippen LogP contribution in [-0.4, -0.2) is 14.8 Å². The molecule has 0 radical (unpaired) electrons. The quantitative estimate of drug-likeness (QED) is 0.745. The summed E-state index contributed by atoms with van der Waals surface area (Å²) in [7, 11) is 0. The average Bonchev–Trinajstić information content (AvgIpc) is 3.12. The van der Waals surface area contributed by atoms with Crippen LogP contribution in [0.1, 0.15) is 16.8 Å². The highest BCUT2D eigenvalue weighted by atomic mass is 19.1. The molecule has 1 aromatic carbocycles. The number of hydrogen-bond acceptors (Lipinski definition) is 3. The van der Waals surface area contributed by atoms with Gasteiger partial charge in [-0.2, -0.15) is 5.10 Å². The molecule has 3 heterocycles. The molecule has 0 unspecified atom stereocenters. The van der Waals surface area contributed by atoms with Gasteiger partial charge >= 0.3 is 0 Å². The van der Waals surface area contributed by atoms with Gasteiger partial charge < -0.3 is 4.90 Å². The molecule has 0 spiro atoms. The monoisotopic (exact) mass is 312 g/mol. The van der Waals surface area contributed by atoms with Gasteiger partial charge in [0.15, 0.2) is 11.6 Å². The molecule has 0 saturated carbocycles. The van der Waals surface area contributed by atoms with Crippen molar-refractivity contribution in [3.05, 3.63) is 77.2 Å². The van der Waals surface area contributed by atoms with E-state index in [4.69, 9.17) is 0 Å². The summed E-state index contributed by atoms with van der Waals surface area (Å²) >= 11 is 0. The van der Waals surface area contributed by atoms with Crippen LogP contribution in [0.3, 0.4) is 0 Å². The van der Waals surface area contributed by atoms with Gasteiger partial charge in [-0.05, 0) is 29.8 Å². The summed E-state index contributed by atoms with van der Waals surface area (Å²) < 4.78 is 28.8. The van der Waals surface area contributed by atoms with E-state index in [-0.39, 0.29) is 11.6 Å². The zero-order valence-corrected chi connectivity index (χ0v) is 12.3. The van der Waals surface area contributed by atoms with Crippen molar-refractivity contribution < 1.29 is 8.78 Å². The van der Waals surface area contributed by atoms with E-state index >= 15 is 0 Å². The van der Waals surface area contributed by atoms with E-state index in [1.54, 1.807) is 30.6 Å². The molecule has 0 bridgehead atoms. The Hall–Kier alpha value is -2.76. The van der Waals surface area contributed by atoms with Crippen LogP contribution in [-0.2, 0) is 19.6 Å². The van der Waals surface area contributed by atoms with Crippen molar-refractivity contribution in [2.24, 2.45) is 0 Å². The maximum Gasteiger partial charge on any atom is 0.165 e. The first kappa shape index (κ1) is 13.9. The molecule has 0 amide bonds. The SMILES string of the molecule is Fc1ccc(Cn2ncc3c2CN(c2ncccc2F)C3)cc1. The molecular weight excluding hydrogens is 298 g/mol. The van der Waals surface area contributed by atoms with Gasteiger partial charge in [0.05, 0.1) is 25.0 Å². The van der Waals surface area contributed by atoms with E-state index in [9.17, 15) is 8.78 Å². The summed E-state index contributed by atoms with van der Waals surface area (Å²) in [5.74, 6) is -0.219. The summed E-state index contributed by atoms with van der Waals surface area (Å²) in [5, 5.41) is 4.39. The Kier molecular flexibility index (Phi) is 3.29. The van der Waals surface area contributed by atoms with E-state index < -0.39 is 0 Å². The number of benzene rings is 1. The number of halogens is 2. The lowest BCUT2D eigenvalue weighted by molar-refractivity contribution is 0.602. The van der Waals surface area contributed by atoms with Gasteiger partial charge in [0.25, 0.3) is 0 Å². The summed E-state index contributed by atoms with van der Waals surface area (Å²) in [6.07, 6.45) is 3.39. The van der Waals surface area contributed by atoms with Gasteiger partial charge in [0.1, 0.15) is 5.82 Å². The number of nitrogens with zero attached hydrogens (tertiary/aromatic N) is 4. The van der Waals surface area contributed by atoms with Crippen molar-refractivity contribution in [3.8, 4) is 0 Å². The lowest BCUT2D eigenvalue weighted by Gasteiger charge is -2.17. The lowest BCUT2D eigenvalue weighted by atomic mass is 10.2. The van der Waals surface area contributed by atoms with Crippen LogP contribution in [0.2, 0.25) is 0 Å². The molecule has 3 aromatic rings. The average molecular weight is 312 g/mol. The van der Waals surface area contributed by atoms with Crippen molar-refractivity contribution >= 4 is 5.82 Å². The maximum absolute atomic E-state index is 13.9. The predicted octanol–water partition coefficient (Wildman–Crippen LogP) is 3.12. The Morgan fingerprint density at radius 3 is 2.65 bits per heavy atom. The molecule has 0 N–H and O–H groups in total. The molecule has 0 atom stereocenters. The zero-order valence-electron chi connectivity index (χ0n) is 12.3. The lowest BCUT2D eigenvalue weighted by Crippen LogP contribution is -2.19. The van der Waals surface area contributed by atoms with Gasteiger partial charge in [0, 0.05) is 18.3 Å². The van der Waals surface area contributed by atoms with Crippen LogP contribution >= 0.6 is 0 Å². The third-order valence-electron chi connectivity index (χ3n) is 4.02. The molecule has 0 saturated heterocycles. The molecular formula is C17H14F2N4. The number of hydrogen-bond donors (Lipinski definition) is 0. The fourth-order valence-corrected chi connectivity index (χ4v) is 2.87. The molecule has 1 aliphatic rings. The first-order chi connectivity index (χ1) is 11.2. The fourth-order valence-electron chi connectivity index (χ4n) is 2.87. The smallest absolute Gasteiger partial charge is 0.165 e. The maximum atomic E-state index is 13.9. The number of anilines is 1. The second-order valence-electron chi connectivity index (χ2n) is 5.57. The van der Waals surface area contributed by atoms with Crippen LogP contribution in [0.25, 0.3) is 0 Å². The molecule has 4 rings (SSSR count). The minimum absolute atomic E-state index is 0.253. The summed E-state index contributed by atoms with van der Waals surface area (Å²) in [6, 6.07) is 9.36. The van der Waals surface area contributed by atoms with Gasteiger partial charge in [0.2, 0.25) is 0 Å². The van der Waals surface area contributed by atoms with E-state index in [1.165, 1.54) is 18.2 Å². The molecule has 1 aliphatic heterocycles. The van der Waals surface area contributed by atoms with Gasteiger partial charge in [-0.3, -0.25) is 4.68 Å². The highest BCUT2D eigenvalue weighted by molar-refractivity contribution is 5.45. The number of fused-ring (bicyclic) bond motifs is 1. The molecule has 2 aromatic heterocycles. The third-order valence-corrected chi connectivity index (χ3v) is 4.02. The molecule has 23 heavy (non-hydrogen) atoms. The van der Waals surface area contributed by atoms with E-state index in [0.717, 1.165) is 16.8 Å². The highest BCUT2D eigenvalue weighted by Gasteiger charge is 2.26. The Morgan fingerprint density at radius 2 is 1.87 bits per heavy atom. The van der Waals surface area contributed by atoms with Crippen LogP contribution < -0.4 is 4.90 Å². The van der Waals surface area contributed by atoms with Crippen LogP contribution in [0, 0.1) is 11.6 Å². The molecule has 0 aliphatic carbocycles. The Bertz CT molecular complexity index is 842. The Morgan fingerprint density at radius 1 is 1.04 bits per heavy atom. The minimum Gasteiger partial charge on any atom is -0.344 e. The normalized spacial score (nSPS) is 13.4. The van der Waals surface area contributed by atoms with E-state index in [1.807, 2.05) is 9.58 Å². The summed E-state index contributed by atoms with van der Waals surface area (Å²) in [6.45, 7) is 1.71. The second kappa shape index (κ2) is 5.46. The standard InChI is InChI=1S/C17H14F2N4/c18-14-5-3-12(4-6-14)9-23-16-11-22(10-13(16)8-21-23)17-15(19)2-1-7-20-17/h1-8H,9-11H2. The first-order valence-electron chi connectivity index (χ1n) is 7.34. The van der Waals surface area contributed by atoms with Crippen molar-refractivity contribution in [2.45, 2.75) is 19.6 Å². The van der Waals surface area contributed by atoms with Crippen molar-refractivity contribution in [3.63, 3.8) is 0 Å². The molecule has 6 heteroatoms. The number of aromatic nitrogens is 3. The predicted molar refractivity (Wildman–Crippen MR) is 81.8 cm³/mol. The second-order valence-corrected chi connectivity index (χ2v) is 5.57. The summed E-state index contributed by atoms with van der Waals surface area (Å²) in [4.78, 5) is 6.02. The van der Waals surface area contributed by atoms with Gasteiger partial charge in [-0.15, -0.1) is 0 Å². The highest BCUT2D eigenvalue weighted by Crippen LogP contribution is 2.28. The van der Waals surface area contributed by atoms with Gasteiger partial charge in [-0.25, -0.2) is 13.8 Å². The minimum atomic E-state index is -0.323. The topological polar surface area (TPSA) is 34.0 Å². The zero-order chi connectivity index (χ0) is 15.8. The van der Waals surface area contributed by atoms with E-state index in [2.05, 4.69) is 10.1 Å². The number of rotatable bonds is 3. The first-order valence-corrected chi connectivity index (χ1v) is 7.34. The summed E-state index contributed by atoms with van der Waals surface area (Å²) in [5.41, 5.74) is 3.08. The third kappa shape index (κ3) is 2.56. The van der Waals surface area contributed by atoms with Crippen LogP contribution in [0.15, 0.2) is 48.8 Å². The van der Waals surface area contributed by atoms with Crippen molar-refractivity contribution in [2.75, 3.05) is 4.90 Å². The molecule has 116 valence electrons. The Labute approximate surface area is 132 Å². The van der Waals surface area contributed by atoms with Gasteiger partial charge in [-0.1, -0.05) is 12.1 Å². The largest absolute Gasteiger partial charge is 0.344 e. The van der Waals surface area contributed by atoms with Crippen LogP contribution in [0.5, 0.6) is 0 Å². The van der Waals surface area contributed by atoms with Crippen molar-refractivity contribution in [1.82, 2.24) is 14.8 Å². The van der Waals surface area contributed by atoms with Crippen LogP contribution in [0.4, 0.5) is 14.6 Å². The molecule has 0 fully saturated rings. The Balaban J connectivity index is 1.57. The molecule has 4 nitrogen and oxygen atoms in total. The van der Waals surface area contributed by atoms with E-state index in [0.29, 0.717) is 25.5 Å².